The molecular formula is C15H22N2O4. The van der Waals surface area contributed by atoms with Gasteiger partial charge in [0.2, 0.25) is 5.91 Å². The Labute approximate surface area is 124 Å². The van der Waals surface area contributed by atoms with Crippen LogP contribution in [0.3, 0.4) is 0 Å². The van der Waals surface area contributed by atoms with Crippen LogP contribution in [0.15, 0.2) is 24.3 Å². The standard InChI is InChI=1S/C15H22N2O4/c1-12-6-3-4-7-13(12)21-11-5-8-14(18)16-9-10-17-15(19)20-2/h3-4,6-7H,5,8-11H2,1-2H3,(H,16,18)(H,17,19). The van der Waals surface area contributed by atoms with Crippen molar-refractivity contribution in [3.63, 3.8) is 0 Å². The van der Waals surface area contributed by atoms with Crippen LogP contribution in [0.5, 0.6) is 5.75 Å². The van der Waals surface area contributed by atoms with Crippen LogP contribution in [0.2, 0.25) is 0 Å². The molecule has 2 N–H and O–H groups in total. The van der Waals surface area contributed by atoms with E-state index in [9.17, 15) is 9.59 Å². The van der Waals surface area contributed by atoms with Crippen LogP contribution < -0.4 is 15.4 Å². The number of alkyl carbamates (subject to hydrolysis) is 1. The number of amides is 2. The molecule has 116 valence electrons. The molecule has 0 saturated carbocycles. The van der Waals surface area contributed by atoms with E-state index in [-0.39, 0.29) is 5.91 Å². The van der Waals surface area contributed by atoms with Crippen LogP contribution in [0.4, 0.5) is 4.79 Å². The lowest BCUT2D eigenvalue weighted by Gasteiger charge is -2.09. The summed E-state index contributed by atoms with van der Waals surface area (Å²) in [5.74, 6) is 0.787. The maximum Gasteiger partial charge on any atom is 0.406 e. The first kappa shape index (κ1) is 16.8. The summed E-state index contributed by atoms with van der Waals surface area (Å²) in [6, 6.07) is 7.77. The van der Waals surface area contributed by atoms with Gasteiger partial charge in [-0.1, -0.05) is 18.2 Å². The lowest BCUT2D eigenvalue weighted by atomic mass is 10.2. The number of methoxy groups -OCH3 is 1. The minimum absolute atomic E-state index is 0.0601. The van der Waals surface area contributed by atoms with Gasteiger partial charge in [0.25, 0.3) is 0 Å². The van der Waals surface area contributed by atoms with Crippen LogP contribution in [0.25, 0.3) is 0 Å². The molecule has 0 spiro atoms. The predicted molar refractivity (Wildman–Crippen MR) is 79.3 cm³/mol. The number of hydrogen-bond acceptors (Lipinski definition) is 4. The fourth-order valence-corrected chi connectivity index (χ4v) is 1.66. The fourth-order valence-electron chi connectivity index (χ4n) is 1.66. The van der Waals surface area contributed by atoms with E-state index in [1.807, 2.05) is 31.2 Å². The molecule has 1 aromatic carbocycles. The molecular weight excluding hydrogens is 272 g/mol. The number of hydrogen-bond donors (Lipinski definition) is 2. The summed E-state index contributed by atoms with van der Waals surface area (Å²) in [4.78, 5) is 22.3. The van der Waals surface area contributed by atoms with Crippen molar-refractivity contribution in [2.45, 2.75) is 19.8 Å². The number of ether oxygens (including phenoxy) is 2. The highest BCUT2D eigenvalue weighted by Crippen LogP contribution is 2.16. The van der Waals surface area contributed by atoms with E-state index in [4.69, 9.17) is 4.74 Å². The Morgan fingerprint density at radius 3 is 2.57 bits per heavy atom. The molecule has 0 unspecified atom stereocenters. The number of rotatable bonds is 8. The first-order chi connectivity index (χ1) is 10.1. The number of carbonyl (C=O) groups excluding carboxylic acids is 2. The van der Waals surface area contributed by atoms with Crippen molar-refractivity contribution in [3.8, 4) is 5.75 Å². The van der Waals surface area contributed by atoms with Gasteiger partial charge in [0.1, 0.15) is 5.75 Å². The molecule has 6 heteroatoms. The van der Waals surface area contributed by atoms with Crippen LogP contribution in [-0.2, 0) is 9.53 Å². The zero-order chi connectivity index (χ0) is 15.5. The minimum atomic E-state index is -0.504. The Kier molecular flexibility index (Phi) is 7.71. The van der Waals surface area contributed by atoms with Crippen molar-refractivity contribution in [1.29, 1.82) is 0 Å². The van der Waals surface area contributed by atoms with E-state index in [0.29, 0.717) is 32.5 Å². The number of nitrogens with one attached hydrogen (secondary N) is 2. The molecule has 0 aliphatic heterocycles. The Morgan fingerprint density at radius 1 is 1.14 bits per heavy atom. The van der Waals surface area contributed by atoms with E-state index < -0.39 is 6.09 Å². The third-order valence-electron chi connectivity index (χ3n) is 2.80. The molecule has 0 radical (unpaired) electrons. The maximum absolute atomic E-state index is 11.5. The Balaban J connectivity index is 2.06. The van der Waals surface area contributed by atoms with Crippen molar-refractivity contribution in [3.05, 3.63) is 29.8 Å². The van der Waals surface area contributed by atoms with Crippen molar-refractivity contribution in [2.24, 2.45) is 0 Å². The molecule has 0 atom stereocenters. The van der Waals surface area contributed by atoms with Crippen LogP contribution in [0.1, 0.15) is 18.4 Å². The molecule has 1 rings (SSSR count). The number of carbonyl (C=O) groups is 2. The van der Waals surface area contributed by atoms with Gasteiger partial charge in [-0.05, 0) is 25.0 Å². The fraction of sp³-hybridized carbons (Fsp3) is 0.467. The third-order valence-corrected chi connectivity index (χ3v) is 2.80. The van der Waals surface area contributed by atoms with Gasteiger partial charge in [-0.15, -0.1) is 0 Å². The van der Waals surface area contributed by atoms with Gasteiger partial charge in [0.15, 0.2) is 0 Å². The van der Waals surface area contributed by atoms with Crippen molar-refractivity contribution >= 4 is 12.0 Å². The van der Waals surface area contributed by atoms with Gasteiger partial charge in [0.05, 0.1) is 13.7 Å². The van der Waals surface area contributed by atoms with Gasteiger partial charge >= 0.3 is 6.09 Å². The molecule has 0 heterocycles. The van der Waals surface area contributed by atoms with E-state index >= 15 is 0 Å². The largest absolute Gasteiger partial charge is 0.493 e. The van der Waals surface area contributed by atoms with Crippen molar-refractivity contribution in [2.75, 3.05) is 26.8 Å². The Hall–Kier alpha value is -2.24. The summed E-state index contributed by atoms with van der Waals surface area (Å²) in [5.41, 5.74) is 1.08. The lowest BCUT2D eigenvalue weighted by molar-refractivity contribution is -0.121. The minimum Gasteiger partial charge on any atom is -0.493 e. The van der Waals surface area contributed by atoms with E-state index in [1.165, 1.54) is 7.11 Å². The van der Waals surface area contributed by atoms with Gasteiger partial charge in [-0.25, -0.2) is 4.79 Å². The SMILES string of the molecule is COC(=O)NCCNC(=O)CCCOc1ccccc1C. The molecule has 21 heavy (non-hydrogen) atoms. The van der Waals surface area contributed by atoms with Gasteiger partial charge in [0, 0.05) is 19.5 Å². The van der Waals surface area contributed by atoms with Gasteiger partial charge in [-0.2, -0.15) is 0 Å². The van der Waals surface area contributed by atoms with Gasteiger partial charge < -0.3 is 20.1 Å². The Morgan fingerprint density at radius 2 is 1.86 bits per heavy atom. The smallest absolute Gasteiger partial charge is 0.406 e. The first-order valence-electron chi connectivity index (χ1n) is 6.90. The summed E-state index contributed by atoms with van der Waals surface area (Å²) < 4.78 is 10.0. The summed E-state index contributed by atoms with van der Waals surface area (Å²) in [6.07, 6.45) is 0.533. The second-order valence-electron chi connectivity index (χ2n) is 4.49. The number of benzene rings is 1. The highest BCUT2D eigenvalue weighted by molar-refractivity contribution is 5.75. The Bertz CT molecular complexity index is 463. The first-order valence-corrected chi connectivity index (χ1v) is 6.90. The topological polar surface area (TPSA) is 76.7 Å². The molecule has 0 saturated heterocycles. The lowest BCUT2D eigenvalue weighted by Crippen LogP contribution is -2.34. The van der Waals surface area contributed by atoms with E-state index in [1.54, 1.807) is 0 Å². The summed E-state index contributed by atoms with van der Waals surface area (Å²) in [5, 5.41) is 5.19. The van der Waals surface area contributed by atoms with Crippen molar-refractivity contribution in [1.82, 2.24) is 10.6 Å². The zero-order valence-corrected chi connectivity index (χ0v) is 12.5. The van der Waals surface area contributed by atoms with Crippen molar-refractivity contribution < 1.29 is 19.1 Å². The third kappa shape index (κ3) is 7.20. The summed E-state index contributed by atoms with van der Waals surface area (Å²) in [7, 11) is 1.29. The molecule has 0 aromatic heterocycles. The highest BCUT2D eigenvalue weighted by atomic mass is 16.5. The molecule has 0 aliphatic carbocycles. The van der Waals surface area contributed by atoms with Crippen LogP contribution in [0, 0.1) is 6.92 Å². The molecule has 1 aromatic rings. The molecule has 0 bridgehead atoms. The molecule has 0 aliphatic rings. The second-order valence-corrected chi connectivity index (χ2v) is 4.49. The monoisotopic (exact) mass is 294 g/mol. The average molecular weight is 294 g/mol. The average Bonchev–Trinajstić information content (AvgIpc) is 2.49. The predicted octanol–water partition coefficient (Wildman–Crippen LogP) is 1.63. The molecule has 0 fully saturated rings. The van der Waals surface area contributed by atoms with Crippen LogP contribution >= 0.6 is 0 Å². The number of aryl methyl sites for hydroxylation is 1. The van der Waals surface area contributed by atoms with E-state index in [2.05, 4.69) is 15.4 Å². The maximum atomic E-state index is 11.5. The zero-order valence-electron chi connectivity index (χ0n) is 12.5. The van der Waals surface area contributed by atoms with Gasteiger partial charge in [-0.3, -0.25) is 4.79 Å². The van der Waals surface area contributed by atoms with E-state index in [0.717, 1.165) is 11.3 Å². The second kappa shape index (κ2) is 9.63. The van der Waals surface area contributed by atoms with Crippen LogP contribution in [-0.4, -0.2) is 38.8 Å². The highest BCUT2D eigenvalue weighted by Gasteiger charge is 2.03. The summed E-state index contributed by atoms with van der Waals surface area (Å²) >= 11 is 0. The molecule has 2 amide bonds. The normalized spacial score (nSPS) is 9.81. The number of para-hydroxylation sites is 1. The molecule has 6 nitrogen and oxygen atoms in total. The quantitative estimate of drug-likeness (QED) is 0.714. The summed E-state index contributed by atoms with van der Waals surface area (Å²) in [6.45, 7) is 3.21.